The number of carbonyl (C=O) groups excluding carboxylic acids is 1. The molecule has 0 radical (unpaired) electrons. The van der Waals surface area contributed by atoms with Gasteiger partial charge in [0.25, 0.3) is 10.0 Å². The van der Waals surface area contributed by atoms with Gasteiger partial charge in [-0.1, -0.05) is 0 Å². The molecule has 1 aliphatic carbocycles. The molecule has 2 aromatic heterocycles. The van der Waals surface area contributed by atoms with Crippen molar-refractivity contribution in [2.75, 3.05) is 20.3 Å². The van der Waals surface area contributed by atoms with Crippen molar-refractivity contribution in [3.63, 3.8) is 0 Å². The molecular weight excluding hydrogens is 513 g/mol. The average Bonchev–Trinajstić information content (AvgIpc) is 3.54. The van der Waals surface area contributed by atoms with Crippen molar-refractivity contribution in [2.45, 2.75) is 49.8 Å². The monoisotopic (exact) mass is 539 g/mol. The van der Waals surface area contributed by atoms with Crippen LogP contribution in [0.15, 0.2) is 35.5 Å². The largest absolute Gasteiger partial charge is 0.374 e. The number of fused-ring (bicyclic) bond motifs is 1. The van der Waals surface area contributed by atoms with Gasteiger partial charge in [-0.15, -0.1) is 0 Å². The zero-order valence-electron chi connectivity index (χ0n) is 21.0. The summed E-state index contributed by atoms with van der Waals surface area (Å²) in [4.78, 5) is 17.1. The van der Waals surface area contributed by atoms with Gasteiger partial charge in [0.15, 0.2) is 10.6 Å². The molecule has 38 heavy (non-hydrogen) atoms. The van der Waals surface area contributed by atoms with Crippen LogP contribution in [0.4, 0.5) is 4.39 Å². The van der Waals surface area contributed by atoms with Gasteiger partial charge < -0.3 is 9.47 Å². The van der Waals surface area contributed by atoms with Crippen LogP contribution in [0.5, 0.6) is 0 Å². The minimum atomic E-state index is -4.31. The number of aryl methyl sites for hydroxylation is 1. The van der Waals surface area contributed by atoms with E-state index in [2.05, 4.69) is 14.8 Å². The minimum absolute atomic E-state index is 0.148. The normalized spacial score (nSPS) is 15.9. The van der Waals surface area contributed by atoms with Crippen LogP contribution in [0, 0.1) is 17.1 Å². The second-order valence-corrected chi connectivity index (χ2v) is 10.9. The highest BCUT2D eigenvalue weighted by molar-refractivity contribution is 7.90. The molecule has 10 nitrogen and oxygen atoms in total. The van der Waals surface area contributed by atoms with Crippen LogP contribution in [0.25, 0.3) is 11.1 Å². The van der Waals surface area contributed by atoms with E-state index in [4.69, 9.17) is 9.47 Å². The Balaban J connectivity index is 1.47. The molecule has 1 N–H and O–H groups in total. The Morgan fingerprint density at radius 3 is 2.71 bits per heavy atom. The number of methoxy groups -OCH3 is 1. The lowest BCUT2D eigenvalue weighted by Crippen LogP contribution is -2.49. The third-order valence-corrected chi connectivity index (χ3v) is 8.34. The molecule has 1 aliphatic heterocycles. The van der Waals surface area contributed by atoms with Crippen molar-refractivity contribution < 1.29 is 27.1 Å². The highest BCUT2D eigenvalue weighted by Gasteiger charge is 2.44. The van der Waals surface area contributed by atoms with E-state index in [0.29, 0.717) is 52.9 Å². The smallest absolute Gasteiger partial charge is 0.283 e. The molecule has 2 aliphatic rings. The quantitative estimate of drug-likeness (QED) is 0.461. The molecule has 198 valence electrons. The maximum Gasteiger partial charge on any atom is 0.283 e. The first-order valence-corrected chi connectivity index (χ1v) is 13.7. The summed E-state index contributed by atoms with van der Waals surface area (Å²) < 4.78 is 55.8. The predicted molar refractivity (Wildman–Crippen MR) is 133 cm³/mol. The SMILES string of the molecule is CCn1nc(S(=O)(=O)NC(=O)Cc2c(-c3ccnc(C#N)c3)cc(F)c3c2CCC3)cc1C1(OC)COC1. The summed E-state index contributed by atoms with van der Waals surface area (Å²) in [6.45, 7) is 2.75. The molecular formula is C26H26FN5O5S. The fraction of sp³-hybridized carbons (Fsp3) is 0.385. The van der Waals surface area contributed by atoms with E-state index in [0.717, 1.165) is 6.42 Å². The molecule has 0 saturated carbocycles. The summed E-state index contributed by atoms with van der Waals surface area (Å²) in [5.41, 5.74) is 2.62. The molecule has 0 bridgehead atoms. The van der Waals surface area contributed by atoms with Crippen molar-refractivity contribution in [3.05, 3.63) is 64.4 Å². The van der Waals surface area contributed by atoms with Crippen LogP contribution in [-0.2, 0) is 55.7 Å². The molecule has 3 heterocycles. The summed E-state index contributed by atoms with van der Waals surface area (Å²) in [6, 6.07) is 7.84. The van der Waals surface area contributed by atoms with Gasteiger partial charge in [0.05, 0.1) is 25.3 Å². The number of hydrogen-bond donors (Lipinski definition) is 1. The number of sulfonamides is 1. The van der Waals surface area contributed by atoms with E-state index in [-0.39, 0.29) is 36.2 Å². The minimum Gasteiger partial charge on any atom is -0.374 e. The first kappa shape index (κ1) is 26.0. The van der Waals surface area contributed by atoms with E-state index < -0.39 is 21.5 Å². The van der Waals surface area contributed by atoms with Crippen molar-refractivity contribution in [1.29, 1.82) is 5.26 Å². The number of hydrogen-bond acceptors (Lipinski definition) is 8. The van der Waals surface area contributed by atoms with Gasteiger partial charge in [0, 0.05) is 25.9 Å². The molecule has 3 aromatic rings. The fourth-order valence-electron chi connectivity index (χ4n) is 5.11. The average molecular weight is 540 g/mol. The first-order valence-electron chi connectivity index (χ1n) is 12.2. The number of rotatable bonds is 8. The number of pyridine rings is 1. The molecule has 0 spiro atoms. The lowest BCUT2D eigenvalue weighted by Gasteiger charge is -2.39. The maximum atomic E-state index is 15.0. The van der Waals surface area contributed by atoms with Crippen molar-refractivity contribution in [3.8, 4) is 17.2 Å². The summed E-state index contributed by atoms with van der Waals surface area (Å²) >= 11 is 0. The molecule has 0 atom stereocenters. The van der Waals surface area contributed by atoms with Crippen LogP contribution in [0.2, 0.25) is 0 Å². The number of benzene rings is 1. The van der Waals surface area contributed by atoms with Crippen LogP contribution >= 0.6 is 0 Å². The van der Waals surface area contributed by atoms with Crippen LogP contribution in [-0.4, -0.2) is 49.4 Å². The second-order valence-electron chi connectivity index (χ2n) is 9.32. The zero-order valence-corrected chi connectivity index (χ0v) is 21.8. The van der Waals surface area contributed by atoms with Crippen molar-refractivity contribution in [1.82, 2.24) is 19.5 Å². The van der Waals surface area contributed by atoms with E-state index in [1.54, 1.807) is 6.07 Å². The number of nitriles is 1. The molecule has 5 rings (SSSR count). The first-order chi connectivity index (χ1) is 18.2. The van der Waals surface area contributed by atoms with Gasteiger partial charge in [0.1, 0.15) is 17.6 Å². The van der Waals surface area contributed by atoms with Gasteiger partial charge in [-0.05, 0) is 72.2 Å². The van der Waals surface area contributed by atoms with E-state index in [1.165, 1.54) is 36.2 Å². The Bertz CT molecular complexity index is 1570. The third-order valence-electron chi connectivity index (χ3n) is 7.10. The second kappa shape index (κ2) is 9.90. The Morgan fingerprint density at radius 1 is 1.29 bits per heavy atom. The van der Waals surface area contributed by atoms with Crippen LogP contribution in [0.3, 0.4) is 0 Å². The Morgan fingerprint density at radius 2 is 2.05 bits per heavy atom. The van der Waals surface area contributed by atoms with Crippen LogP contribution in [0.1, 0.15) is 41.4 Å². The van der Waals surface area contributed by atoms with Gasteiger partial charge in [0.2, 0.25) is 5.91 Å². The standard InChI is InChI=1S/C26H26FN5O5S/c1-3-32-23(26(36-2)14-37-15-26)12-25(30-32)38(34,35)31-24(33)11-21-18-5-4-6-19(18)22(27)10-20(21)16-7-8-29-17(9-16)13-28/h7-10,12H,3-6,11,14-15H2,1-2H3,(H,31,33). The van der Waals surface area contributed by atoms with Crippen LogP contribution < -0.4 is 4.72 Å². The number of halogens is 1. The molecule has 1 saturated heterocycles. The summed E-state index contributed by atoms with van der Waals surface area (Å²) in [5.74, 6) is -1.16. The number of nitrogens with zero attached hydrogens (tertiary/aromatic N) is 4. The molecule has 0 unspecified atom stereocenters. The van der Waals surface area contributed by atoms with Crippen molar-refractivity contribution >= 4 is 15.9 Å². The third kappa shape index (κ3) is 4.47. The molecule has 1 amide bonds. The maximum absolute atomic E-state index is 15.0. The zero-order chi connectivity index (χ0) is 27.1. The Labute approximate surface area is 219 Å². The number of aromatic nitrogens is 3. The Hall–Kier alpha value is -3.66. The topological polar surface area (TPSA) is 136 Å². The number of ether oxygens (including phenoxy) is 2. The lowest BCUT2D eigenvalue weighted by molar-refractivity contribution is -0.206. The van der Waals surface area contributed by atoms with Gasteiger partial charge in [-0.3, -0.25) is 9.48 Å². The highest BCUT2D eigenvalue weighted by atomic mass is 32.2. The van der Waals surface area contributed by atoms with Gasteiger partial charge in [-0.2, -0.15) is 18.8 Å². The predicted octanol–water partition coefficient (Wildman–Crippen LogP) is 2.38. The number of nitrogens with one attached hydrogen (secondary N) is 1. The highest BCUT2D eigenvalue weighted by Crippen LogP contribution is 2.37. The number of amides is 1. The summed E-state index contributed by atoms with van der Waals surface area (Å²) in [6.07, 6.45) is 2.98. The molecule has 12 heteroatoms. The lowest BCUT2D eigenvalue weighted by atomic mass is 9.90. The van der Waals surface area contributed by atoms with E-state index in [1.807, 2.05) is 13.0 Å². The van der Waals surface area contributed by atoms with E-state index in [9.17, 15) is 22.9 Å². The Kier molecular flexibility index (Phi) is 6.77. The molecule has 1 aromatic carbocycles. The fourth-order valence-corrected chi connectivity index (χ4v) is 6.06. The number of carbonyl (C=O) groups is 1. The summed E-state index contributed by atoms with van der Waals surface area (Å²) in [5, 5.41) is 13.2. The van der Waals surface area contributed by atoms with E-state index >= 15 is 0 Å². The summed E-state index contributed by atoms with van der Waals surface area (Å²) in [7, 11) is -2.79. The van der Waals surface area contributed by atoms with Crippen molar-refractivity contribution in [2.24, 2.45) is 0 Å². The molecule has 1 fully saturated rings. The van der Waals surface area contributed by atoms with Gasteiger partial charge >= 0.3 is 0 Å². The van der Waals surface area contributed by atoms with Gasteiger partial charge in [-0.25, -0.2) is 14.1 Å².